The van der Waals surface area contributed by atoms with Gasteiger partial charge in [-0.2, -0.15) is 4.31 Å². The lowest BCUT2D eigenvalue weighted by Crippen LogP contribution is -2.48. The molecule has 0 saturated carbocycles. The number of carbonyl (C=O) groups excluding carboxylic acids is 1. The lowest BCUT2D eigenvalue weighted by atomic mass is 10.0. The van der Waals surface area contributed by atoms with Crippen LogP contribution in [0, 0.1) is 5.82 Å². The van der Waals surface area contributed by atoms with Gasteiger partial charge in [0, 0.05) is 50.5 Å². The van der Waals surface area contributed by atoms with Gasteiger partial charge in [-0.25, -0.2) is 12.8 Å². The number of amides is 1. The van der Waals surface area contributed by atoms with Crippen LogP contribution < -0.4 is 4.90 Å². The molecule has 5 rings (SSSR count). The third-order valence-electron chi connectivity index (χ3n) is 6.57. The lowest BCUT2D eigenvalue weighted by Gasteiger charge is -2.36. The molecule has 0 aliphatic carbocycles. The second kappa shape index (κ2) is 9.19. The summed E-state index contributed by atoms with van der Waals surface area (Å²) in [6.07, 6.45) is 0.673. The predicted octanol–water partition coefficient (Wildman–Crippen LogP) is 3.54. The summed E-state index contributed by atoms with van der Waals surface area (Å²) in [6, 6.07) is 20.6. The minimum absolute atomic E-state index is 0.141. The highest BCUT2D eigenvalue weighted by Gasteiger charge is 2.29. The molecule has 0 aromatic heterocycles. The molecule has 3 aromatic rings. The Morgan fingerprint density at radius 2 is 1.50 bits per heavy atom. The van der Waals surface area contributed by atoms with Crippen molar-refractivity contribution in [3.05, 3.63) is 95.3 Å². The summed E-state index contributed by atoms with van der Waals surface area (Å²) >= 11 is 0. The van der Waals surface area contributed by atoms with Crippen LogP contribution in [0.1, 0.15) is 21.5 Å². The first-order valence-electron chi connectivity index (χ1n) is 11.4. The van der Waals surface area contributed by atoms with Crippen LogP contribution in [-0.2, 0) is 23.0 Å². The summed E-state index contributed by atoms with van der Waals surface area (Å²) in [6.45, 7) is 3.03. The van der Waals surface area contributed by atoms with Gasteiger partial charge in [0.1, 0.15) is 5.82 Å². The smallest absolute Gasteiger partial charge is 0.254 e. The molecular formula is C26H26FN3O3S. The van der Waals surface area contributed by atoms with Crippen molar-refractivity contribution in [2.24, 2.45) is 0 Å². The fourth-order valence-corrected chi connectivity index (χ4v) is 6.08. The molecular weight excluding hydrogens is 453 g/mol. The summed E-state index contributed by atoms with van der Waals surface area (Å²) in [7, 11) is -3.72. The van der Waals surface area contributed by atoms with Crippen molar-refractivity contribution in [1.82, 2.24) is 9.21 Å². The van der Waals surface area contributed by atoms with Crippen LogP contribution >= 0.6 is 0 Å². The van der Waals surface area contributed by atoms with Gasteiger partial charge in [0.25, 0.3) is 5.91 Å². The molecule has 1 saturated heterocycles. The highest BCUT2D eigenvalue weighted by atomic mass is 32.2. The molecule has 3 aromatic carbocycles. The van der Waals surface area contributed by atoms with E-state index in [1.165, 1.54) is 28.1 Å². The normalized spacial score (nSPS) is 16.9. The zero-order chi connectivity index (χ0) is 23.7. The molecule has 6 nitrogen and oxygen atoms in total. The minimum Gasteiger partial charge on any atom is -0.368 e. The van der Waals surface area contributed by atoms with Gasteiger partial charge in [-0.3, -0.25) is 4.79 Å². The largest absolute Gasteiger partial charge is 0.368 e. The van der Waals surface area contributed by atoms with E-state index < -0.39 is 10.0 Å². The Kier molecular flexibility index (Phi) is 6.10. The number of hydrogen-bond donors (Lipinski definition) is 0. The van der Waals surface area contributed by atoms with Gasteiger partial charge in [0.05, 0.1) is 4.90 Å². The number of carbonyl (C=O) groups is 1. The van der Waals surface area contributed by atoms with Crippen LogP contribution in [0.5, 0.6) is 0 Å². The third-order valence-corrected chi connectivity index (χ3v) is 8.41. The molecule has 0 atom stereocenters. The summed E-state index contributed by atoms with van der Waals surface area (Å²) < 4.78 is 41.4. The minimum atomic E-state index is -3.72. The van der Waals surface area contributed by atoms with E-state index in [9.17, 15) is 17.6 Å². The SMILES string of the molecule is O=C(c1cccc(S(=O)(=O)N2CCc3ccccc3C2)c1)N1CCN(c2ccc(F)cc2)CC1. The Bertz CT molecular complexity index is 1300. The van der Waals surface area contributed by atoms with E-state index >= 15 is 0 Å². The van der Waals surface area contributed by atoms with Gasteiger partial charge in [-0.1, -0.05) is 30.3 Å². The van der Waals surface area contributed by atoms with Gasteiger partial charge in [-0.05, 0) is 60.0 Å². The number of hydrogen-bond acceptors (Lipinski definition) is 4. The predicted molar refractivity (Wildman–Crippen MR) is 129 cm³/mol. The molecule has 34 heavy (non-hydrogen) atoms. The fourth-order valence-electron chi connectivity index (χ4n) is 4.62. The monoisotopic (exact) mass is 479 g/mol. The van der Waals surface area contributed by atoms with Crippen LogP contribution in [-0.4, -0.2) is 56.3 Å². The van der Waals surface area contributed by atoms with E-state index in [0.29, 0.717) is 51.3 Å². The number of piperazine rings is 1. The summed E-state index contributed by atoms with van der Waals surface area (Å²) in [4.78, 5) is 17.1. The standard InChI is InChI=1S/C26H26FN3O3S/c27-23-8-10-24(11-9-23)28-14-16-29(17-15-28)26(31)21-6-3-7-25(18-21)34(32,33)30-13-12-20-4-1-2-5-22(20)19-30/h1-11,18H,12-17,19H2. The van der Waals surface area contributed by atoms with Gasteiger partial charge in [0.2, 0.25) is 10.0 Å². The van der Waals surface area contributed by atoms with Crippen LogP contribution in [0.2, 0.25) is 0 Å². The number of fused-ring (bicyclic) bond motifs is 1. The highest BCUT2D eigenvalue weighted by molar-refractivity contribution is 7.89. The topological polar surface area (TPSA) is 60.9 Å². The second-order valence-corrected chi connectivity index (χ2v) is 10.6. The first kappa shape index (κ1) is 22.6. The van der Waals surface area contributed by atoms with Gasteiger partial charge < -0.3 is 9.80 Å². The summed E-state index contributed by atoms with van der Waals surface area (Å²) in [5.74, 6) is -0.457. The van der Waals surface area contributed by atoms with E-state index in [2.05, 4.69) is 4.90 Å². The molecule has 0 bridgehead atoms. The fraction of sp³-hybridized carbons (Fsp3) is 0.269. The van der Waals surface area contributed by atoms with E-state index in [4.69, 9.17) is 0 Å². The average molecular weight is 480 g/mol. The second-order valence-electron chi connectivity index (χ2n) is 8.64. The van der Waals surface area contributed by atoms with Crippen molar-refractivity contribution in [2.45, 2.75) is 17.9 Å². The van der Waals surface area contributed by atoms with E-state index in [1.54, 1.807) is 35.2 Å². The molecule has 0 N–H and O–H groups in total. The van der Waals surface area contributed by atoms with Gasteiger partial charge in [0.15, 0.2) is 0 Å². The Balaban J connectivity index is 1.28. The molecule has 0 radical (unpaired) electrons. The molecule has 0 spiro atoms. The van der Waals surface area contributed by atoms with E-state index in [-0.39, 0.29) is 16.6 Å². The van der Waals surface area contributed by atoms with Gasteiger partial charge in [-0.15, -0.1) is 0 Å². The Labute approximate surface area is 199 Å². The van der Waals surface area contributed by atoms with E-state index in [0.717, 1.165) is 11.3 Å². The van der Waals surface area contributed by atoms with Crippen LogP contribution in [0.25, 0.3) is 0 Å². The summed E-state index contributed by atoms with van der Waals surface area (Å²) in [5, 5.41) is 0. The first-order chi connectivity index (χ1) is 16.4. The average Bonchev–Trinajstić information content (AvgIpc) is 2.88. The quantitative estimate of drug-likeness (QED) is 0.575. The van der Waals surface area contributed by atoms with Crippen molar-refractivity contribution < 1.29 is 17.6 Å². The number of nitrogens with zero attached hydrogens (tertiary/aromatic N) is 3. The molecule has 0 unspecified atom stereocenters. The molecule has 1 amide bonds. The lowest BCUT2D eigenvalue weighted by molar-refractivity contribution is 0.0746. The van der Waals surface area contributed by atoms with E-state index in [1.807, 2.05) is 24.3 Å². The van der Waals surface area contributed by atoms with Crippen LogP contribution in [0.15, 0.2) is 77.7 Å². The van der Waals surface area contributed by atoms with Crippen LogP contribution in [0.4, 0.5) is 10.1 Å². The molecule has 2 aliphatic rings. The molecule has 2 heterocycles. The first-order valence-corrected chi connectivity index (χ1v) is 12.8. The van der Waals surface area contributed by atoms with Crippen LogP contribution in [0.3, 0.4) is 0 Å². The molecule has 1 fully saturated rings. The number of halogens is 1. The molecule has 176 valence electrons. The maximum atomic E-state index is 13.3. The van der Waals surface area contributed by atoms with Crippen molar-refractivity contribution in [1.29, 1.82) is 0 Å². The van der Waals surface area contributed by atoms with Crippen molar-refractivity contribution in [3.63, 3.8) is 0 Å². The van der Waals surface area contributed by atoms with Crippen molar-refractivity contribution in [3.8, 4) is 0 Å². The number of rotatable bonds is 4. The maximum Gasteiger partial charge on any atom is 0.254 e. The van der Waals surface area contributed by atoms with Gasteiger partial charge >= 0.3 is 0 Å². The highest BCUT2D eigenvalue weighted by Crippen LogP contribution is 2.26. The number of anilines is 1. The Morgan fingerprint density at radius 1 is 0.794 bits per heavy atom. The zero-order valence-corrected chi connectivity index (χ0v) is 19.5. The number of benzene rings is 3. The van der Waals surface area contributed by atoms with Crippen molar-refractivity contribution in [2.75, 3.05) is 37.6 Å². The third kappa shape index (κ3) is 4.43. The maximum absolute atomic E-state index is 13.3. The van der Waals surface area contributed by atoms with Crippen molar-refractivity contribution >= 4 is 21.6 Å². The molecule has 8 heteroatoms. The number of sulfonamides is 1. The zero-order valence-electron chi connectivity index (χ0n) is 18.7. The Morgan fingerprint density at radius 3 is 2.24 bits per heavy atom. The molecule has 2 aliphatic heterocycles. The summed E-state index contributed by atoms with van der Waals surface area (Å²) in [5.41, 5.74) is 3.49. The Hall–Kier alpha value is -3.23.